The Balaban J connectivity index is 2.59. The number of allylic oxidation sites excluding steroid dienone is 1. The van der Waals surface area contributed by atoms with Crippen LogP contribution in [0.15, 0.2) is 5.70 Å². The molecule has 10 heavy (non-hydrogen) atoms. The van der Waals surface area contributed by atoms with Gasteiger partial charge in [-0.05, 0) is 6.42 Å². The molecule has 0 aromatic rings. The molecule has 1 fully saturated rings. The second-order valence-corrected chi connectivity index (χ2v) is 2.15. The molecule has 1 saturated heterocycles. The molecule has 0 spiro atoms. The average molecular weight is 141 g/mol. The van der Waals surface area contributed by atoms with Gasteiger partial charge in [0, 0.05) is 6.42 Å². The smallest absolute Gasteiger partial charge is 0.326 e. The predicted octanol–water partition coefficient (Wildman–Crippen LogP) is -0.462. The van der Waals surface area contributed by atoms with Crippen molar-refractivity contribution < 1.29 is 14.7 Å². The second kappa shape index (κ2) is 2.54. The number of hydrogen-bond acceptors (Lipinski definition) is 3. The quantitative estimate of drug-likeness (QED) is 0.485. The van der Waals surface area contributed by atoms with Crippen molar-refractivity contribution in [1.82, 2.24) is 5.32 Å². The Morgan fingerprint density at radius 1 is 1.80 bits per heavy atom. The van der Waals surface area contributed by atoms with Crippen molar-refractivity contribution >= 4 is 11.9 Å². The van der Waals surface area contributed by atoms with Crippen LogP contribution in [0.2, 0.25) is 0 Å². The van der Waals surface area contributed by atoms with Crippen LogP contribution >= 0.6 is 0 Å². The summed E-state index contributed by atoms with van der Waals surface area (Å²) >= 11 is 0. The zero-order valence-electron chi connectivity index (χ0n) is 5.26. The highest BCUT2D eigenvalue weighted by molar-refractivity contribution is 5.75. The van der Waals surface area contributed by atoms with Gasteiger partial charge in [0.25, 0.3) is 0 Å². The van der Waals surface area contributed by atoms with Crippen LogP contribution in [-0.4, -0.2) is 23.1 Å². The lowest BCUT2D eigenvalue weighted by Gasteiger charge is -2.01. The molecule has 0 saturated carbocycles. The van der Waals surface area contributed by atoms with Crippen molar-refractivity contribution in [2.24, 2.45) is 0 Å². The van der Waals surface area contributed by atoms with Crippen molar-refractivity contribution in [2.75, 3.05) is 0 Å². The van der Waals surface area contributed by atoms with Crippen LogP contribution in [-0.2, 0) is 9.59 Å². The zero-order chi connectivity index (χ0) is 7.56. The lowest BCUT2D eigenvalue weighted by atomic mass is 10.2. The van der Waals surface area contributed by atoms with Crippen LogP contribution in [0.1, 0.15) is 12.8 Å². The van der Waals surface area contributed by atoms with Gasteiger partial charge in [-0.15, -0.1) is 0 Å². The number of aliphatic carboxylic acids is 1. The number of nitrogens with one attached hydrogen (secondary N) is 1. The lowest BCUT2D eigenvalue weighted by Crippen LogP contribution is -2.29. The van der Waals surface area contributed by atoms with E-state index < -0.39 is 12.0 Å². The summed E-state index contributed by atoms with van der Waals surface area (Å²) in [6.07, 6.45) is 0.986. The number of rotatable bonds is 1. The van der Waals surface area contributed by atoms with Gasteiger partial charge in [-0.25, -0.2) is 9.59 Å². The first-order valence-electron chi connectivity index (χ1n) is 2.97. The standard InChI is InChI=1S/C6H7NO3/c8-3-4-1-2-5(7-4)6(9)10/h5,7H,1-2H2,(H,9,10)/t5-/m0/s1. The molecule has 4 heteroatoms. The molecule has 0 aromatic heterocycles. The number of carboxylic acid groups (broad SMARTS) is 1. The van der Waals surface area contributed by atoms with E-state index >= 15 is 0 Å². The third kappa shape index (κ3) is 1.17. The maximum atomic E-state index is 10.3. The van der Waals surface area contributed by atoms with Crippen LogP contribution in [0.4, 0.5) is 0 Å². The molecule has 1 atom stereocenters. The lowest BCUT2D eigenvalue weighted by molar-refractivity contribution is -0.138. The van der Waals surface area contributed by atoms with Crippen molar-refractivity contribution in [3.05, 3.63) is 5.70 Å². The van der Waals surface area contributed by atoms with Crippen LogP contribution in [0.25, 0.3) is 0 Å². The Morgan fingerprint density at radius 2 is 2.50 bits per heavy atom. The van der Waals surface area contributed by atoms with E-state index in [2.05, 4.69) is 5.32 Å². The Kier molecular flexibility index (Phi) is 1.73. The van der Waals surface area contributed by atoms with E-state index in [4.69, 9.17) is 5.11 Å². The number of carbonyl (C=O) groups is 1. The third-order valence-corrected chi connectivity index (χ3v) is 1.45. The SMILES string of the molecule is O=C=C1CC[C@@H](C(=O)O)N1. The maximum absolute atomic E-state index is 10.3. The molecule has 4 nitrogen and oxygen atoms in total. The molecule has 0 amide bonds. The summed E-state index contributed by atoms with van der Waals surface area (Å²) in [5, 5.41) is 11.0. The molecule has 1 rings (SSSR count). The first kappa shape index (κ1) is 6.83. The van der Waals surface area contributed by atoms with E-state index in [0.29, 0.717) is 18.5 Å². The van der Waals surface area contributed by atoms with Gasteiger partial charge in [-0.3, -0.25) is 0 Å². The summed E-state index contributed by atoms with van der Waals surface area (Å²) in [6, 6.07) is -0.587. The summed E-state index contributed by atoms with van der Waals surface area (Å²) in [4.78, 5) is 20.2. The molecule has 1 heterocycles. The van der Waals surface area contributed by atoms with Crippen LogP contribution < -0.4 is 5.32 Å². The zero-order valence-corrected chi connectivity index (χ0v) is 5.26. The normalized spacial score (nSPS) is 23.6. The summed E-state index contributed by atoms with van der Waals surface area (Å²) < 4.78 is 0. The monoisotopic (exact) mass is 141 g/mol. The van der Waals surface area contributed by atoms with Crippen LogP contribution in [0, 0.1) is 0 Å². The number of carbonyl (C=O) groups excluding carboxylic acids is 1. The first-order chi connectivity index (χ1) is 4.74. The van der Waals surface area contributed by atoms with Gasteiger partial charge in [0.05, 0.1) is 5.70 Å². The minimum atomic E-state index is -0.912. The average Bonchev–Trinajstić information content (AvgIpc) is 2.34. The van der Waals surface area contributed by atoms with Gasteiger partial charge >= 0.3 is 5.97 Å². The maximum Gasteiger partial charge on any atom is 0.326 e. The minimum absolute atomic E-state index is 0.368. The highest BCUT2D eigenvalue weighted by Crippen LogP contribution is 2.12. The highest BCUT2D eigenvalue weighted by Gasteiger charge is 2.24. The summed E-state index contributed by atoms with van der Waals surface area (Å²) in [5.41, 5.74) is 0.368. The highest BCUT2D eigenvalue weighted by atomic mass is 16.4. The first-order valence-corrected chi connectivity index (χ1v) is 2.97. The Hall–Kier alpha value is -1.28. The topological polar surface area (TPSA) is 66.4 Å². The van der Waals surface area contributed by atoms with Crippen molar-refractivity contribution in [3.8, 4) is 0 Å². The van der Waals surface area contributed by atoms with Crippen LogP contribution in [0.5, 0.6) is 0 Å². The molecule has 0 radical (unpaired) electrons. The van der Waals surface area contributed by atoms with Crippen molar-refractivity contribution in [3.63, 3.8) is 0 Å². The fraction of sp³-hybridized carbons (Fsp3) is 0.500. The fourth-order valence-corrected chi connectivity index (χ4v) is 0.909. The van der Waals surface area contributed by atoms with E-state index in [1.165, 1.54) is 0 Å². The third-order valence-electron chi connectivity index (χ3n) is 1.45. The van der Waals surface area contributed by atoms with E-state index in [1.807, 2.05) is 0 Å². The van der Waals surface area contributed by atoms with Gasteiger partial charge in [-0.1, -0.05) is 0 Å². The van der Waals surface area contributed by atoms with Gasteiger partial charge in [0.2, 0.25) is 0 Å². The van der Waals surface area contributed by atoms with E-state index in [1.54, 1.807) is 5.94 Å². The Labute approximate surface area is 57.5 Å². The van der Waals surface area contributed by atoms with Crippen molar-refractivity contribution in [1.29, 1.82) is 0 Å². The van der Waals surface area contributed by atoms with E-state index in [9.17, 15) is 9.59 Å². The minimum Gasteiger partial charge on any atom is -0.480 e. The molecule has 0 aromatic carbocycles. The molecule has 54 valence electrons. The Bertz CT molecular complexity index is 205. The van der Waals surface area contributed by atoms with Crippen LogP contribution in [0.3, 0.4) is 0 Å². The van der Waals surface area contributed by atoms with Gasteiger partial charge in [0.1, 0.15) is 12.0 Å². The molecule has 0 unspecified atom stereocenters. The van der Waals surface area contributed by atoms with Gasteiger partial charge in [-0.2, -0.15) is 0 Å². The largest absolute Gasteiger partial charge is 0.480 e. The van der Waals surface area contributed by atoms with E-state index in [-0.39, 0.29) is 0 Å². The van der Waals surface area contributed by atoms with E-state index in [0.717, 1.165) is 0 Å². The summed E-state index contributed by atoms with van der Waals surface area (Å²) in [5.74, 6) is 0.729. The fourth-order valence-electron chi connectivity index (χ4n) is 0.909. The molecule has 2 N–H and O–H groups in total. The molecular formula is C6H7NO3. The predicted molar refractivity (Wildman–Crippen MR) is 33.0 cm³/mol. The van der Waals surface area contributed by atoms with Gasteiger partial charge in [0.15, 0.2) is 0 Å². The van der Waals surface area contributed by atoms with Crippen molar-refractivity contribution in [2.45, 2.75) is 18.9 Å². The molecular weight excluding hydrogens is 134 g/mol. The second-order valence-electron chi connectivity index (χ2n) is 2.15. The molecule has 0 aliphatic carbocycles. The molecule has 1 aliphatic rings. The molecule has 1 aliphatic heterocycles. The summed E-state index contributed by atoms with van der Waals surface area (Å²) in [7, 11) is 0. The summed E-state index contributed by atoms with van der Waals surface area (Å²) in [6.45, 7) is 0. The van der Waals surface area contributed by atoms with Gasteiger partial charge < -0.3 is 10.4 Å². The number of hydrogen-bond donors (Lipinski definition) is 2. The number of carboxylic acids is 1. The molecule has 0 bridgehead atoms. The Morgan fingerprint density at radius 3 is 2.80 bits per heavy atom.